The summed E-state index contributed by atoms with van der Waals surface area (Å²) in [5, 5.41) is 9.05. The van der Waals surface area contributed by atoms with Crippen molar-refractivity contribution < 1.29 is 14.3 Å². The summed E-state index contributed by atoms with van der Waals surface area (Å²) in [4.78, 5) is 12.4. The fourth-order valence-corrected chi connectivity index (χ4v) is 2.21. The molecule has 0 bridgehead atoms. The average Bonchev–Trinajstić information content (AvgIpc) is 2.78. The van der Waals surface area contributed by atoms with Crippen LogP contribution in [0.2, 0.25) is 0 Å². The van der Waals surface area contributed by atoms with Crippen molar-refractivity contribution in [1.29, 1.82) is 0 Å². The number of carboxylic acid groups (broad SMARTS) is 1. The third-order valence-corrected chi connectivity index (χ3v) is 3.12. The molecule has 1 heterocycles. The van der Waals surface area contributed by atoms with E-state index in [0.29, 0.717) is 6.54 Å². The Morgan fingerprint density at radius 2 is 2.06 bits per heavy atom. The maximum absolute atomic E-state index is 12.8. The quantitative estimate of drug-likeness (QED) is 0.856. The molecule has 1 fully saturated rings. The number of rotatable bonds is 2. The van der Waals surface area contributed by atoms with Gasteiger partial charge in [0, 0.05) is 6.54 Å². The van der Waals surface area contributed by atoms with Crippen molar-refractivity contribution in [2.24, 2.45) is 0 Å². The van der Waals surface area contributed by atoms with Gasteiger partial charge in [0.05, 0.1) is 6.04 Å². The number of hydrogen-bond acceptors (Lipinski definition) is 1. The number of likely N-dealkylation sites (tertiary alicyclic amines) is 1. The minimum absolute atomic E-state index is 0.182. The van der Waals surface area contributed by atoms with Crippen LogP contribution in [0.25, 0.3) is 5.57 Å². The molecule has 1 aliphatic heterocycles. The first kappa shape index (κ1) is 11.6. The molecule has 1 saturated heterocycles. The molecule has 0 radical (unpaired) electrons. The predicted octanol–water partition coefficient (Wildman–Crippen LogP) is 2.98. The summed E-state index contributed by atoms with van der Waals surface area (Å²) >= 11 is 0. The van der Waals surface area contributed by atoms with Gasteiger partial charge in [-0.2, -0.15) is 0 Å². The SMILES string of the molecule is C=C(c1ccc(F)cc1)C1CCCN1C(=O)O. The highest BCUT2D eigenvalue weighted by Crippen LogP contribution is 2.29. The highest BCUT2D eigenvalue weighted by molar-refractivity contribution is 5.74. The van der Waals surface area contributed by atoms with Crippen LogP contribution in [0.1, 0.15) is 18.4 Å². The van der Waals surface area contributed by atoms with Gasteiger partial charge in [-0.05, 0) is 36.1 Å². The van der Waals surface area contributed by atoms with Crippen molar-refractivity contribution in [2.75, 3.05) is 6.54 Å². The number of halogens is 1. The van der Waals surface area contributed by atoms with Crippen LogP contribution in [-0.4, -0.2) is 28.7 Å². The number of carbonyl (C=O) groups is 1. The summed E-state index contributed by atoms with van der Waals surface area (Å²) in [6, 6.07) is 5.81. The topological polar surface area (TPSA) is 40.5 Å². The Morgan fingerprint density at radius 3 is 2.65 bits per heavy atom. The smallest absolute Gasteiger partial charge is 0.407 e. The molecule has 0 saturated carbocycles. The largest absolute Gasteiger partial charge is 0.465 e. The van der Waals surface area contributed by atoms with E-state index in [9.17, 15) is 9.18 Å². The van der Waals surface area contributed by atoms with Gasteiger partial charge in [0.2, 0.25) is 0 Å². The molecule has 4 heteroatoms. The van der Waals surface area contributed by atoms with E-state index in [2.05, 4.69) is 6.58 Å². The van der Waals surface area contributed by atoms with E-state index in [1.807, 2.05) is 0 Å². The first-order valence-corrected chi connectivity index (χ1v) is 5.54. The summed E-state index contributed by atoms with van der Waals surface area (Å²) < 4.78 is 12.8. The molecular formula is C13H14FNO2. The maximum atomic E-state index is 12.8. The van der Waals surface area contributed by atoms with Gasteiger partial charge >= 0.3 is 6.09 Å². The minimum Gasteiger partial charge on any atom is -0.465 e. The summed E-state index contributed by atoms with van der Waals surface area (Å²) in [6.45, 7) is 4.48. The Bertz CT molecular complexity index is 441. The second-order valence-corrected chi connectivity index (χ2v) is 4.17. The standard InChI is InChI=1S/C13H14FNO2/c1-9(10-4-6-11(14)7-5-10)12-3-2-8-15(12)13(16)17/h4-7,12H,1-3,8H2,(H,16,17). The molecule has 0 aliphatic carbocycles. The third-order valence-electron chi connectivity index (χ3n) is 3.12. The number of amides is 1. The van der Waals surface area contributed by atoms with Crippen molar-refractivity contribution in [3.63, 3.8) is 0 Å². The summed E-state index contributed by atoms with van der Waals surface area (Å²) in [5.74, 6) is -0.303. The van der Waals surface area contributed by atoms with E-state index in [0.717, 1.165) is 24.0 Å². The molecule has 1 unspecified atom stereocenters. The molecule has 0 spiro atoms. The third kappa shape index (κ3) is 2.30. The second kappa shape index (κ2) is 4.57. The average molecular weight is 235 g/mol. The van der Waals surface area contributed by atoms with E-state index in [1.165, 1.54) is 17.0 Å². The Kier molecular flexibility index (Phi) is 3.13. The Labute approximate surface area is 99.2 Å². The van der Waals surface area contributed by atoms with Gasteiger partial charge in [-0.3, -0.25) is 0 Å². The molecule has 3 nitrogen and oxygen atoms in total. The number of benzene rings is 1. The number of nitrogens with zero attached hydrogens (tertiary/aromatic N) is 1. The fraction of sp³-hybridized carbons (Fsp3) is 0.308. The molecule has 1 atom stereocenters. The van der Waals surface area contributed by atoms with Crippen molar-refractivity contribution in [3.8, 4) is 0 Å². The highest BCUT2D eigenvalue weighted by atomic mass is 19.1. The normalized spacial score (nSPS) is 19.4. The summed E-state index contributed by atoms with van der Waals surface area (Å²) in [7, 11) is 0. The molecule has 2 rings (SSSR count). The Hall–Kier alpha value is -1.84. The minimum atomic E-state index is -0.921. The van der Waals surface area contributed by atoms with E-state index >= 15 is 0 Å². The molecule has 1 aromatic carbocycles. The van der Waals surface area contributed by atoms with Crippen LogP contribution in [0.15, 0.2) is 30.8 Å². The van der Waals surface area contributed by atoms with Gasteiger partial charge in [0.1, 0.15) is 5.82 Å². The molecule has 17 heavy (non-hydrogen) atoms. The van der Waals surface area contributed by atoms with Gasteiger partial charge in [-0.1, -0.05) is 18.7 Å². The predicted molar refractivity (Wildman–Crippen MR) is 63.2 cm³/mol. The first-order valence-electron chi connectivity index (χ1n) is 5.54. The van der Waals surface area contributed by atoms with E-state index < -0.39 is 6.09 Å². The Balaban J connectivity index is 2.19. The van der Waals surface area contributed by atoms with Crippen LogP contribution in [0.5, 0.6) is 0 Å². The van der Waals surface area contributed by atoms with E-state index in [-0.39, 0.29) is 11.9 Å². The van der Waals surface area contributed by atoms with Gasteiger partial charge in [-0.15, -0.1) is 0 Å². The zero-order valence-corrected chi connectivity index (χ0v) is 9.40. The Morgan fingerprint density at radius 1 is 1.41 bits per heavy atom. The lowest BCUT2D eigenvalue weighted by atomic mass is 9.98. The van der Waals surface area contributed by atoms with Crippen molar-refractivity contribution in [1.82, 2.24) is 4.90 Å². The molecular weight excluding hydrogens is 221 g/mol. The van der Waals surface area contributed by atoms with Crippen molar-refractivity contribution in [2.45, 2.75) is 18.9 Å². The zero-order chi connectivity index (χ0) is 12.4. The van der Waals surface area contributed by atoms with Crippen LogP contribution in [0, 0.1) is 5.82 Å². The molecule has 90 valence electrons. The van der Waals surface area contributed by atoms with Crippen molar-refractivity contribution >= 4 is 11.7 Å². The van der Waals surface area contributed by atoms with E-state index in [4.69, 9.17) is 5.11 Å². The van der Waals surface area contributed by atoms with Crippen LogP contribution >= 0.6 is 0 Å². The molecule has 1 N–H and O–H groups in total. The monoisotopic (exact) mass is 235 g/mol. The molecule has 1 amide bonds. The van der Waals surface area contributed by atoms with Crippen LogP contribution in [0.4, 0.5) is 9.18 Å². The van der Waals surface area contributed by atoms with Gasteiger partial charge in [0.25, 0.3) is 0 Å². The van der Waals surface area contributed by atoms with Gasteiger partial charge < -0.3 is 10.0 Å². The highest BCUT2D eigenvalue weighted by Gasteiger charge is 2.30. The number of hydrogen-bond donors (Lipinski definition) is 1. The lowest BCUT2D eigenvalue weighted by Gasteiger charge is -2.23. The fourth-order valence-electron chi connectivity index (χ4n) is 2.21. The lowest BCUT2D eigenvalue weighted by Crippen LogP contribution is -2.34. The van der Waals surface area contributed by atoms with Crippen LogP contribution < -0.4 is 0 Å². The van der Waals surface area contributed by atoms with Crippen LogP contribution in [-0.2, 0) is 0 Å². The molecule has 1 aliphatic rings. The van der Waals surface area contributed by atoms with Crippen LogP contribution in [0.3, 0.4) is 0 Å². The van der Waals surface area contributed by atoms with Gasteiger partial charge in [-0.25, -0.2) is 9.18 Å². The first-order chi connectivity index (χ1) is 8.09. The zero-order valence-electron chi connectivity index (χ0n) is 9.40. The summed E-state index contributed by atoms with van der Waals surface area (Å²) in [5.41, 5.74) is 1.54. The van der Waals surface area contributed by atoms with Gasteiger partial charge in [0.15, 0.2) is 0 Å². The molecule has 0 aromatic heterocycles. The second-order valence-electron chi connectivity index (χ2n) is 4.17. The maximum Gasteiger partial charge on any atom is 0.407 e. The van der Waals surface area contributed by atoms with E-state index in [1.54, 1.807) is 12.1 Å². The molecule has 1 aromatic rings. The van der Waals surface area contributed by atoms with Crippen molar-refractivity contribution in [3.05, 3.63) is 42.2 Å². The summed E-state index contributed by atoms with van der Waals surface area (Å²) in [6.07, 6.45) is 0.704. The lowest BCUT2D eigenvalue weighted by molar-refractivity contribution is 0.148.